The molecular weight excluding hydrogens is 206 g/mol. The number of carbonyl (C=O) groups excluding carboxylic acids is 1. The summed E-state index contributed by atoms with van der Waals surface area (Å²) in [5.74, 6) is 0.713. The number of aromatic amines is 1. The zero-order valence-corrected chi connectivity index (χ0v) is 9.20. The molecule has 16 heavy (non-hydrogen) atoms. The highest BCUT2D eigenvalue weighted by Gasteiger charge is 2.37. The standard InChI is InChI=1S/C10H17N5O/c11-6-10(2-1-3-10)4-9(16)12-5-8-13-7-14-15-8/h7H,1-6,11H2,(H,12,16)(H,13,14,15). The molecule has 1 aliphatic carbocycles. The Hall–Kier alpha value is -1.43. The van der Waals surface area contributed by atoms with Crippen LogP contribution in [0.3, 0.4) is 0 Å². The summed E-state index contributed by atoms with van der Waals surface area (Å²) in [6, 6.07) is 0. The maximum Gasteiger partial charge on any atom is 0.220 e. The van der Waals surface area contributed by atoms with Gasteiger partial charge in [-0.25, -0.2) is 4.98 Å². The molecule has 4 N–H and O–H groups in total. The van der Waals surface area contributed by atoms with Crippen LogP contribution >= 0.6 is 0 Å². The number of aromatic nitrogens is 3. The summed E-state index contributed by atoms with van der Waals surface area (Å²) in [6.45, 7) is 1.00. The van der Waals surface area contributed by atoms with Gasteiger partial charge in [0.1, 0.15) is 12.2 Å². The Labute approximate surface area is 94.0 Å². The summed E-state index contributed by atoms with van der Waals surface area (Å²) in [5, 5.41) is 9.22. The molecule has 0 aliphatic heterocycles. The first-order chi connectivity index (χ1) is 7.74. The summed E-state index contributed by atoms with van der Waals surface area (Å²) in [7, 11) is 0. The van der Waals surface area contributed by atoms with Crippen LogP contribution in [0.4, 0.5) is 0 Å². The molecule has 6 heteroatoms. The topological polar surface area (TPSA) is 96.7 Å². The Bertz CT molecular complexity index is 339. The lowest BCUT2D eigenvalue weighted by molar-refractivity contribution is -0.124. The molecule has 1 aliphatic rings. The molecule has 1 saturated carbocycles. The lowest BCUT2D eigenvalue weighted by Crippen LogP contribution is -2.41. The predicted octanol–water partition coefficient (Wildman–Crippen LogP) is -0.0600. The van der Waals surface area contributed by atoms with E-state index >= 15 is 0 Å². The van der Waals surface area contributed by atoms with E-state index in [1.807, 2.05) is 0 Å². The predicted molar refractivity (Wildman–Crippen MR) is 58.2 cm³/mol. The lowest BCUT2D eigenvalue weighted by atomic mass is 9.66. The molecule has 1 fully saturated rings. The van der Waals surface area contributed by atoms with Gasteiger partial charge in [0.2, 0.25) is 5.91 Å². The molecule has 0 radical (unpaired) electrons. The molecule has 1 aromatic rings. The van der Waals surface area contributed by atoms with E-state index in [1.165, 1.54) is 12.7 Å². The molecule has 1 amide bonds. The van der Waals surface area contributed by atoms with E-state index in [1.54, 1.807) is 0 Å². The quantitative estimate of drug-likeness (QED) is 0.651. The maximum atomic E-state index is 11.7. The molecule has 0 aromatic carbocycles. The van der Waals surface area contributed by atoms with E-state index in [-0.39, 0.29) is 11.3 Å². The van der Waals surface area contributed by atoms with Crippen LogP contribution in [0, 0.1) is 5.41 Å². The third-order valence-electron chi connectivity index (χ3n) is 3.30. The number of nitrogens with two attached hydrogens (primary N) is 1. The van der Waals surface area contributed by atoms with Gasteiger partial charge in [-0.15, -0.1) is 0 Å². The molecule has 0 unspecified atom stereocenters. The Morgan fingerprint density at radius 3 is 2.94 bits per heavy atom. The number of nitrogens with zero attached hydrogens (tertiary/aromatic N) is 2. The average molecular weight is 223 g/mol. The van der Waals surface area contributed by atoms with Crippen molar-refractivity contribution in [1.82, 2.24) is 20.5 Å². The van der Waals surface area contributed by atoms with Gasteiger partial charge in [-0.05, 0) is 24.8 Å². The molecule has 6 nitrogen and oxygen atoms in total. The minimum absolute atomic E-state index is 0.0431. The van der Waals surface area contributed by atoms with E-state index in [2.05, 4.69) is 20.5 Å². The largest absolute Gasteiger partial charge is 0.349 e. The Balaban J connectivity index is 1.76. The number of rotatable bonds is 5. The average Bonchev–Trinajstić information content (AvgIpc) is 2.73. The van der Waals surface area contributed by atoms with Crippen molar-refractivity contribution in [3.8, 4) is 0 Å². The smallest absolute Gasteiger partial charge is 0.220 e. The minimum Gasteiger partial charge on any atom is -0.349 e. The van der Waals surface area contributed by atoms with Gasteiger partial charge in [0.05, 0.1) is 6.54 Å². The van der Waals surface area contributed by atoms with Crippen molar-refractivity contribution < 1.29 is 4.79 Å². The van der Waals surface area contributed by atoms with E-state index in [4.69, 9.17) is 5.73 Å². The van der Waals surface area contributed by atoms with Crippen molar-refractivity contribution in [2.75, 3.05) is 6.54 Å². The molecule has 2 rings (SSSR count). The Kier molecular flexibility index (Phi) is 3.19. The highest BCUT2D eigenvalue weighted by molar-refractivity contribution is 5.76. The molecule has 88 valence electrons. The normalized spacial score (nSPS) is 17.8. The zero-order chi connectivity index (χ0) is 11.4. The van der Waals surface area contributed by atoms with E-state index < -0.39 is 0 Å². The van der Waals surface area contributed by atoms with E-state index in [0.717, 1.165) is 12.8 Å². The van der Waals surface area contributed by atoms with E-state index in [9.17, 15) is 4.79 Å². The van der Waals surface area contributed by atoms with Crippen molar-refractivity contribution in [1.29, 1.82) is 0 Å². The lowest BCUT2D eigenvalue weighted by Gasteiger charge is -2.40. The monoisotopic (exact) mass is 223 g/mol. The molecular formula is C10H17N5O. The van der Waals surface area contributed by atoms with Crippen LogP contribution < -0.4 is 11.1 Å². The molecule has 1 heterocycles. The van der Waals surface area contributed by atoms with Crippen LogP contribution in [-0.4, -0.2) is 27.6 Å². The fraction of sp³-hybridized carbons (Fsp3) is 0.700. The van der Waals surface area contributed by atoms with Gasteiger partial charge < -0.3 is 11.1 Å². The molecule has 0 bridgehead atoms. The third-order valence-corrected chi connectivity index (χ3v) is 3.30. The molecule has 1 aromatic heterocycles. The Morgan fingerprint density at radius 1 is 1.62 bits per heavy atom. The fourth-order valence-corrected chi connectivity index (χ4v) is 2.03. The SMILES string of the molecule is NCC1(CC(=O)NCc2ncn[nH]2)CCC1. The Morgan fingerprint density at radius 2 is 2.44 bits per heavy atom. The van der Waals surface area contributed by atoms with Crippen LogP contribution in [0.15, 0.2) is 6.33 Å². The first-order valence-electron chi connectivity index (χ1n) is 5.55. The summed E-state index contributed by atoms with van der Waals surface area (Å²) in [4.78, 5) is 15.6. The van der Waals surface area contributed by atoms with Crippen molar-refractivity contribution in [3.63, 3.8) is 0 Å². The van der Waals surface area contributed by atoms with Crippen LogP contribution in [0.1, 0.15) is 31.5 Å². The second kappa shape index (κ2) is 4.61. The van der Waals surface area contributed by atoms with Crippen LogP contribution in [0.2, 0.25) is 0 Å². The van der Waals surface area contributed by atoms with E-state index in [0.29, 0.717) is 25.3 Å². The minimum atomic E-state index is 0.0431. The van der Waals surface area contributed by atoms with Crippen molar-refractivity contribution >= 4 is 5.91 Å². The zero-order valence-electron chi connectivity index (χ0n) is 9.20. The number of amides is 1. The summed E-state index contributed by atoms with van der Waals surface area (Å²) in [6.07, 6.45) is 5.28. The van der Waals surface area contributed by atoms with Gasteiger partial charge in [0.15, 0.2) is 0 Å². The number of H-pyrrole nitrogens is 1. The van der Waals surface area contributed by atoms with Gasteiger partial charge in [0, 0.05) is 6.42 Å². The molecule has 0 saturated heterocycles. The number of nitrogens with one attached hydrogen (secondary N) is 2. The molecule has 0 atom stereocenters. The first-order valence-corrected chi connectivity index (χ1v) is 5.55. The van der Waals surface area contributed by atoms with Crippen molar-refractivity contribution in [3.05, 3.63) is 12.2 Å². The second-order valence-corrected chi connectivity index (χ2v) is 4.44. The van der Waals surface area contributed by atoms with Gasteiger partial charge in [-0.3, -0.25) is 9.89 Å². The van der Waals surface area contributed by atoms with Gasteiger partial charge in [-0.2, -0.15) is 5.10 Å². The van der Waals surface area contributed by atoms with Gasteiger partial charge >= 0.3 is 0 Å². The maximum absolute atomic E-state index is 11.7. The van der Waals surface area contributed by atoms with Crippen molar-refractivity contribution in [2.24, 2.45) is 11.1 Å². The third kappa shape index (κ3) is 2.38. The van der Waals surface area contributed by atoms with Gasteiger partial charge in [0.25, 0.3) is 0 Å². The van der Waals surface area contributed by atoms with Crippen molar-refractivity contribution in [2.45, 2.75) is 32.2 Å². The highest BCUT2D eigenvalue weighted by atomic mass is 16.1. The summed E-state index contributed by atoms with van der Waals surface area (Å²) < 4.78 is 0. The highest BCUT2D eigenvalue weighted by Crippen LogP contribution is 2.42. The van der Waals surface area contributed by atoms with Crippen LogP contribution in [-0.2, 0) is 11.3 Å². The number of carbonyl (C=O) groups is 1. The van der Waals surface area contributed by atoms with Gasteiger partial charge in [-0.1, -0.05) is 6.42 Å². The number of hydrogen-bond donors (Lipinski definition) is 3. The number of hydrogen-bond acceptors (Lipinski definition) is 4. The second-order valence-electron chi connectivity index (χ2n) is 4.44. The fourth-order valence-electron chi connectivity index (χ4n) is 2.03. The first kappa shape index (κ1) is 11.1. The summed E-state index contributed by atoms with van der Waals surface area (Å²) in [5.41, 5.74) is 5.76. The van der Waals surface area contributed by atoms with Crippen LogP contribution in [0.25, 0.3) is 0 Å². The van der Waals surface area contributed by atoms with Crippen LogP contribution in [0.5, 0.6) is 0 Å². The molecule has 0 spiro atoms. The summed E-state index contributed by atoms with van der Waals surface area (Å²) >= 11 is 0.